The Labute approximate surface area is 103 Å². The van der Waals surface area contributed by atoms with Crippen molar-refractivity contribution in [2.75, 3.05) is 13.2 Å². The van der Waals surface area contributed by atoms with Crippen LogP contribution in [-0.2, 0) is 9.59 Å². The highest BCUT2D eigenvalue weighted by Crippen LogP contribution is 2.22. The molecule has 5 nitrogen and oxygen atoms in total. The van der Waals surface area contributed by atoms with Gasteiger partial charge in [-0.05, 0) is 12.1 Å². The summed E-state index contributed by atoms with van der Waals surface area (Å²) < 4.78 is 5.27. The van der Waals surface area contributed by atoms with Gasteiger partial charge >= 0.3 is 5.97 Å². The van der Waals surface area contributed by atoms with Gasteiger partial charge < -0.3 is 15.2 Å². The third-order valence-electron chi connectivity index (χ3n) is 1.86. The van der Waals surface area contributed by atoms with Crippen molar-refractivity contribution < 1.29 is 19.4 Å². The lowest BCUT2D eigenvalue weighted by molar-refractivity contribution is -0.138. The van der Waals surface area contributed by atoms with Gasteiger partial charge in [0.2, 0.25) is 5.91 Å². The summed E-state index contributed by atoms with van der Waals surface area (Å²) in [7, 11) is 0. The largest absolute Gasteiger partial charge is 0.491 e. The van der Waals surface area contributed by atoms with Crippen LogP contribution >= 0.6 is 11.6 Å². The molecule has 1 aromatic carbocycles. The molecule has 92 valence electrons. The van der Waals surface area contributed by atoms with Crippen LogP contribution in [0.5, 0.6) is 5.75 Å². The summed E-state index contributed by atoms with van der Waals surface area (Å²) in [6.45, 7) is -0.236. The lowest BCUT2D eigenvalue weighted by Gasteiger charge is -2.07. The van der Waals surface area contributed by atoms with E-state index in [-0.39, 0.29) is 25.5 Å². The maximum Gasteiger partial charge on any atom is 0.322 e. The summed E-state index contributed by atoms with van der Waals surface area (Å²) in [6.07, 6.45) is 0.0818. The fourth-order valence-corrected chi connectivity index (χ4v) is 1.27. The van der Waals surface area contributed by atoms with E-state index in [2.05, 4.69) is 5.32 Å². The molecule has 0 aliphatic heterocycles. The average molecular weight is 258 g/mol. The summed E-state index contributed by atoms with van der Waals surface area (Å²) in [5, 5.41) is 11.0. The predicted molar refractivity (Wildman–Crippen MR) is 62.2 cm³/mol. The van der Waals surface area contributed by atoms with Crippen molar-refractivity contribution in [1.29, 1.82) is 0 Å². The van der Waals surface area contributed by atoms with Gasteiger partial charge in [-0.25, -0.2) is 0 Å². The van der Waals surface area contributed by atoms with E-state index in [1.807, 2.05) is 0 Å². The summed E-state index contributed by atoms with van der Waals surface area (Å²) in [6, 6.07) is 6.92. The molecule has 0 aliphatic rings. The zero-order valence-electron chi connectivity index (χ0n) is 8.98. The van der Waals surface area contributed by atoms with Gasteiger partial charge in [0.25, 0.3) is 0 Å². The first-order valence-corrected chi connectivity index (χ1v) is 5.33. The fraction of sp³-hybridized carbons (Fsp3) is 0.273. The first kappa shape index (κ1) is 13.3. The van der Waals surface area contributed by atoms with Crippen molar-refractivity contribution in [2.45, 2.75) is 6.42 Å². The molecular weight excluding hydrogens is 246 g/mol. The zero-order chi connectivity index (χ0) is 12.7. The number of carbonyl (C=O) groups excluding carboxylic acids is 1. The first-order valence-electron chi connectivity index (χ1n) is 4.95. The van der Waals surface area contributed by atoms with Gasteiger partial charge in [0.15, 0.2) is 0 Å². The molecule has 1 rings (SSSR count). The van der Waals surface area contributed by atoms with Crippen LogP contribution in [0.3, 0.4) is 0 Å². The zero-order valence-corrected chi connectivity index (χ0v) is 9.74. The highest BCUT2D eigenvalue weighted by molar-refractivity contribution is 6.32. The lowest BCUT2D eigenvalue weighted by atomic mass is 10.3. The second kappa shape index (κ2) is 6.75. The predicted octanol–water partition coefficient (Wildman–Crippen LogP) is 1.31. The minimum Gasteiger partial charge on any atom is -0.491 e. The highest BCUT2D eigenvalue weighted by Gasteiger charge is 2.05. The molecule has 0 aliphatic carbocycles. The minimum absolute atomic E-state index is 0.0818. The number of carboxylic acid groups (broad SMARTS) is 1. The molecule has 0 bridgehead atoms. The summed E-state index contributed by atoms with van der Waals surface area (Å²) in [5.74, 6) is -0.954. The van der Waals surface area contributed by atoms with Crippen LogP contribution < -0.4 is 10.1 Å². The Bertz CT molecular complexity index is 408. The molecule has 0 fully saturated rings. The number of benzene rings is 1. The van der Waals surface area contributed by atoms with Crippen molar-refractivity contribution in [3.63, 3.8) is 0 Å². The molecule has 0 saturated carbocycles. The van der Waals surface area contributed by atoms with Gasteiger partial charge in [-0.1, -0.05) is 23.7 Å². The summed E-state index contributed by atoms with van der Waals surface area (Å²) in [4.78, 5) is 21.3. The Morgan fingerprint density at radius 3 is 2.71 bits per heavy atom. The Morgan fingerprint density at radius 1 is 1.35 bits per heavy atom. The number of amides is 1. The molecule has 2 N–H and O–H groups in total. The highest BCUT2D eigenvalue weighted by atomic mass is 35.5. The van der Waals surface area contributed by atoms with Crippen LogP contribution in [0.1, 0.15) is 6.42 Å². The van der Waals surface area contributed by atoms with Gasteiger partial charge in [-0.3, -0.25) is 9.59 Å². The number of aliphatic carboxylic acids is 1. The van der Waals surface area contributed by atoms with Gasteiger partial charge in [-0.15, -0.1) is 0 Å². The monoisotopic (exact) mass is 257 g/mol. The molecule has 0 atom stereocenters. The molecule has 1 amide bonds. The lowest BCUT2D eigenvalue weighted by Crippen LogP contribution is -2.30. The van der Waals surface area contributed by atoms with Crippen LogP contribution in [-0.4, -0.2) is 30.1 Å². The number of ether oxygens (including phenoxy) is 1. The number of hydrogen-bond donors (Lipinski definition) is 2. The van der Waals surface area contributed by atoms with E-state index in [1.165, 1.54) is 0 Å². The van der Waals surface area contributed by atoms with Crippen LogP contribution in [0.4, 0.5) is 0 Å². The quantitative estimate of drug-likeness (QED) is 0.806. The summed E-state index contributed by atoms with van der Waals surface area (Å²) in [5.41, 5.74) is 0. The minimum atomic E-state index is -1.08. The van der Waals surface area contributed by atoms with Gasteiger partial charge in [0, 0.05) is 0 Å². The second-order valence-corrected chi connectivity index (χ2v) is 3.61. The van der Waals surface area contributed by atoms with Gasteiger partial charge in [0.1, 0.15) is 12.3 Å². The van der Waals surface area contributed by atoms with E-state index in [9.17, 15) is 9.59 Å². The van der Waals surface area contributed by atoms with Crippen LogP contribution in [0.2, 0.25) is 5.02 Å². The number of para-hydroxylation sites is 1. The van der Waals surface area contributed by atoms with Crippen LogP contribution in [0.25, 0.3) is 0 Å². The standard InChI is InChI=1S/C11H12ClNO4/c12-8-3-1-2-4-9(8)17-6-5-10(14)13-7-11(15)16/h1-4H,5-7H2,(H,13,14)(H,15,16). The van der Waals surface area contributed by atoms with Crippen molar-refractivity contribution in [3.05, 3.63) is 29.3 Å². The maximum absolute atomic E-state index is 11.1. The Morgan fingerprint density at radius 2 is 2.06 bits per heavy atom. The maximum atomic E-state index is 11.1. The SMILES string of the molecule is O=C(O)CNC(=O)CCOc1ccccc1Cl. The molecule has 6 heteroatoms. The Balaban J connectivity index is 2.26. The van der Waals surface area contributed by atoms with Crippen molar-refractivity contribution in [3.8, 4) is 5.75 Å². The van der Waals surface area contributed by atoms with Crippen molar-refractivity contribution in [2.24, 2.45) is 0 Å². The third-order valence-corrected chi connectivity index (χ3v) is 2.17. The number of hydrogen-bond acceptors (Lipinski definition) is 3. The number of carbonyl (C=O) groups is 2. The van der Waals surface area contributed by atoms with E-state index >= 15 is 0 Å². The molecule has 17 heavy (non-hydrogen) atoms. The second-order valence-electron chi connectivity index (χ2n) is 3.20. The number of nitrogens with one attached hydrogen (secondary N) is 1. The molecule has 0 heterocycles. The Hall–Kier alpha value is -1.75. The fourth-order valence-electron chi connectivity index (χ4n) is 1.08. The van der Waals surface area contributed by atoms with Gasteiger partial charge in [-0.2, -0.15) is 0 Å². The molecule has 0 radical (unpaired) electrons. The first-order chi connectivity index (χ1) is 8.09. The van der Waals surface area contributed by atoms with Gasteiger partial charge in [0.05, 0.1) is 18.1 Å². The van der Waals surface area contributed by atoms with Crippen molar-refractivity contribution in [1.82, 2.24) is 5.32 Å². The smallest absolute Gasteiger partial charge is 0.322 e. The number of carboxylic acids is 1. The molecule has 0 aromatic heterocycles. The normalized spacial score (nSPS) is 9.71. The topological polar surface area (TPSA) is 75.6 Å². The molecular formula is C11H12ClNO4. The third kappa shape index (κ3) is 5.21. The van der Waals surface area contributed by atoms with E-state index < -0.39 is 5.97 Å². The van der Waals surface area contributed by atoms with Crippen LogP contribution in [0.15, 0.2) is 24.3 Å². The molecule has 0 unspecified atom stereocenters. The average Bonchev–Trinajstić information content (AvgIpc) is 2.29. The summed E-state index contributed by atoms with van der Waals surface area (Å²) >= 11 is 5.84. The van der Waals surface area contributed by atoms with Crippen LogP contribution in [0, 0.1) is 0 Å². The number of rotatable bonds is 6. The molecule has 1 aromatic rings. The number of halogens is 1. The van der Waals surface area contributed by atoms with E-state index in [0.717, 1.165) is 0 Å². The Kier molecular flexibility index (Phi) is 5.29. The molecule has 0 saturated heterocycles. The van der Waals surface area contributed by atoms with E-state index in [0.29, 0.717) is 10.8 Å². The van der Waals surface area contributed by atoms with E-state index in [1.54, 1.807) is 24.3 Å². The molecule has 0 spiro atoms. The van der Waals surface area contributed by atoms with E-state index in [4.69, 9.17) is 21.4 Å². The van der Waals surface area contributed by atoms with Crippen molar-refractivity contribution >= 4 is 23.5 Å².